The molecule has 0 aliphatic carbocycles. The molecule has 1 unspecified atom stereocenters. The topological polar surface area (TPSA) is 55.1 Å². The van der Waals surface area contributed by atoms with E-state index in [2.05, 4.69) is 33.4 Å². The van der Waals surface area contributed by atoms with Gasteiger partial charge in [0.15, 0.2) is 0 Å². The molecule has 2 aromatic carbocycles. The lowest BCUT2D eigenvalue weighted by Gasteiger charge is -2.22. The zero-order chi connectivity index (χ0) is 15.6. The Bertz CT molecular complexity index is 659. The summed E-state index contributed by atoms with van der Waals surface area (Å²) in [5.74, 6) is -0.384. The molecule has 1 atom stereocenters. The number of rotatable bonds is 4. The van der Waals surface area contributed by atoms with Crippen LogP contribution in [0.2, 0.25) is 0 Å². The molecule has 0 saturated heterocycles. The fourth-order valence-electron chi connectivity index (χ4n) is 2.68. The molecule has 0 fully saturated rings. The monoisotopic (exact) mass is 346 g/mol. The summed E-state index contributed by atoms with van der Waals surface area (Å²) in [5.41, 5.74) is 10.7. The van der Waals surface area contributed by atoms with Crippen LogP contribution in [0.25, 0.3) is 0 Å². The van der Waals surface area contributed by atoms with E-state index in [1.165, 1.54) is 5.56 Å². The Labute approximate surface area is 133 Å². The number of amides is 1. The number of aryl methyl sites for hydroxylation is 3. The van der Waals surface area contributed by atoms with Crippen molar-refractivity contribution >= 4 is 27.5 Å². The first-order valence-corrected chi connectivity index (χ1v) is 7.57. The van der Waals surface area contributed by atoms with Crippen molar-refractivity contribution < 1.29 is 4.79 Å². The van der Waals surface area contributed by atoms with Crippen LogP contribution in [0.1, 0.15) is 28.3 Å². The van der Waals surface area contributed by atoms with E-state index in [-0.39, 0.29) is 5.91 Å². The smallest absolute Gasteiger partial charge is 0.244 e. The first-order valence-electron chi connectivity index (χ1n) is 6.77. The van der Waals surface area contributed by atoms with Gasteiger partial charge in [0, 0.05) is 10.2 Å². The van der Waals surface area contributed by atoms with Crippen LogP contribution < -0.4 is 11.1 Å². The van der Waals surface area contributed by atoms with Gasteiger partial charge in [0.25, 0.3) is 0 Å². The van der Waals surface area contributed by atoms with E-state index in [1.54, 1.807) is 0 Å². The summed E-state index contributed by atoms with van der Waals surface area (Å²) >= 11 is 3.43. The van der Waals surface area contributed by atoms with Crippen molar-refractivity contribution in [1.29, 1.82) is 0 Å². The maximum atomic E-state index is 11.9. The summed E-state index contributed by atoms with van der Waals surface area (Å²) in [6, 6.07) is 11.3. The zero-order valence-corrected chi connectivity index (χ0v) is 14.0. The van der Waals surface area contributed by atoms with Gasteiger partial charge < -0.3 is 11.1 Å². The third kappa shape index (κ3) is 3.64. The Kier molecular flexibility index (Phi) is 4.68. The minimum atomic E-state index is -0.542. The lowest BCUT2D eigenvalue weighted by atomic mass is 9.93. The van der Waals surface area contributed by atoms with Crippen molar-refractivity contribution in [3.63, 3.8) is 0 Å². The van der Waals surface area contributed by atoms with E-state index in [0.717, 1.165) is 26.9 Å². The molecule has 0 radical (unpaired) electrons. The van der Waals surface area contributed by atoms with Crippen LogP contribution in [0.15, 0.2) is 40.9 Å². The van der Waals surface area contributed by atoms with Gasteiger partial charge in [0.2, 0.25) is 5.91 Å². The van der Waals surface area contributed by atoms with E-state index in [9.17, 15) is 4.79 Å². The average molecular weight is 347 g/mol. The normalized spacial score (nSPS) is 12.0. The summed E-state index contributed by atoms with van der Waals surface area (Å²) in [7, 11) is 0. The molecule has 0 aliphatic heterocycles. The number of nitrogens with two attached hydrogens (primary N) is 1. The highest BCUT2D eigenvalue weighted by atomic mass is 79.9. The lowest BCUT2D eigenvalue weighted by Crippen LogP contribution is -2.29. The molecular weight excluding hydrogens is 328 g/mol. The standard InChI is InChI=1S/C17H19BrN2O/c1-10-7-11(2)15(12(3)8-10)16(17(19)21)20-14-6-4-5-13(18)9-14/h4-9,16,20H,1-3H3,(H2,19,21). The van der Waals surface area contributed by atoms with Crippen LogP contribution in [-0.2, 0) is 4.79 Å². The summed E-state index contributed by atoms with van der Waals surface area (Å²) in [5, 5.41) is 3.23. The Hall–Kier alpha value is -1.81. The van der Waals surface area contributed by atoms with Crippen LogP contribution in [0.4, 0.5) is 5.69 Å². The Balaban J connectivity index is 2.43. The van der Waals surface area contributed by atoms with Crippen LogP contribution >= 0.6 is 15.9 Å². The highest BCUT2D eigenvalue weighted by Crippen LogP contribution is 2.27. The van der Waals surface area contributed by atoms with Crippen molar-refractivity contribution in [2.45, 2.75) is 26.8 Å². The second-order valence-electron chi connectivity index (χ2n) is 5.30. The van der Waals surface area contributed by atoms with Gasteiger partial charge in [-0.25, -0.2) is 0 Å². The van der Waals surface area contributed by atoms with Gasteiger partial charge in [0.05, 0.1) is 0 Å². The van der Waals surface area contributed by atoms with E-state index in [1.807, 2.05) is 45.0 Å². The minimum Gasteiger partial charge on any atom is -0.370 e. The molecule has 2 rings (SSSR count). The number of benzene rings is 2. The quantitative estimate of drug-likeness (QED) is 0.878. The summed E-state index contributed by atoms with van der Waals surface area (Å²) in [6.07, 6.45) is 0. The number of halogens is 1. The second-order valence-corrected chi connectivity index (χ2v) is 6.22. The zero-order valence-electron chi connectivity index (χ0n) is 12.4. The number of hydrogen-bond donors (Lipinski definition) is 2. The van der Waals surface area contributed by atoms with Crippen molar-refractivity contribution in [2.75, 3.05) is 5.32 Å². The number of primary amides is 1. The summed E-state index contributed by atoms with van der Waals surface area (Å²) in [4.78, 5) is 11.9. The number of hydrogen-bond acceptors (Lipinski definition) is 2. The fourth-order valence-corrected chi connectivity index (χ4v) is 3.08. The highest BCUT2D eigenvalue weighted by Gasteiger charge is 2.21. The molecule has 0 spiro atoms. The second kappa shape index (κ2) is 6.31. The molecule has 3 N–H and O–H groups in total. The molecule has 0 aliphatic rings. The molecule has 1 amide bonds. The van der Waals surface area contributed by atoms with Crippen molar-refractivity contribution in [3.8, 4) is 0 Å². The van der Waals surface area contributed by atoms with Crippen molar-refractivity contribution in [2.24, 2.45) is 5.73 Å². The van der Waals surface area contributed by atoms with Gasteiger partial charge in [-0.05, 0) is 55.7 Å². The number of carbonyl (C=O) groups is 1. The lowest BCUT2D eigenvalue weighted by molar-refractivity contribution is -0.118. The average Bonchev–Trinajstić information content (AvgIpc) is 2.36. The van der Waals surface area contributed by atoms with Gasteiger partial charge in [0.1, 0.15) is 6.04 Å². The number of carbonyl (C=O) groups excluding carboxylic acids is 1. The highest BCUT2D eigenvalue weighted by molar-refractivity contribution is 9.10. The van der Waals surface area contributed by atoms with E-state index in [4.69, 9.17) is 5.73 Å². The largest absolute Gasteiger partial charge is 0.370 e. The molecule has 3 nitrogen and oxygen atoms in total. The minimum absolute atomic E-state index is 0.384. The maximum Gasteiger partial charge on any atom is 0.244 e. The van der Waals surface area contributed by atoms with E-state index < -0.39 is 6.04 Å². The first-order chi connectivity index (χ1) is 9.88. The van der Waals surface area contributed by atoms with Crippen molar-refractivity contribution in [1.82, 2.24) is 0 Å². The fraction of sp³-hybridized carbons (Fsp3) is 0.235. The molecule has 0 saturated carbocycles. The van der Waals surface area contributed by atoms with Crippen molar-refractivity contribution in [3.05, 3.63) is 63.1 Å². The van der Waals surface area contributed by atoms with Crippen LogP contribution in [0, 0.1) is 20.8 Å². The van der Waals surface area contributed by atoms with Crippen LogP contribution in [0.5, 0.6) is 0 Å². The van der Waals surface area contributed by atoms with Crippen LogP contribution in [-0.4, -0.2) is 5.91 Å². The molecule has 21 heavy (non-hydrogen) atoms. The Morgan fingerprint density at radius 3 is 2.29 bits per heavy atom. The number of anilines is 1. The molecule has 0 heterocycles. The molecule has 2 aromatic rings. The predicted molar refractivity (Wildman–Crippen MR) is 90.4 cm³/mol. The third-order valence-corrected chi connectivity index (χ3v) is 3.94. The van der Waals surface area contributed by atoms with Crippen LogP contribution in [0.3, 0.4) is 0 Å². The SMILES string of the molecule is Cc1cc(C)c(C(Nc2cccc(Br)c2)C(N)=O)c(C)c1. The molecule has 0 bridgehead atoms. The third-order valence-electron chi connectivity index (χ3n) is 3.45. The van der Waals surface area contributed by atoms with Gasteiger partial charge >= 0.3 is 0 Å². The maximum absolute atomic E-state index is 11.9. The van der Waals surface area contributed by atoms with E-state index >= 15 is 0 Å². The molecule has 110 valence electrons. The van der Waals surface area contributed by atoms with Gasteiger partial charge in [-0.2, -0.15) is 0 Å². The number of nitrogens with one attached hydrogen (secondary N) is 1. The van der Waals surface area contributed by atoms with Gasteiger partial charge in [-0.15, -0.1) is 0 Å². The molecule has 0 aromatic heterocycles. The Morgan fingerprint density at radius 2 is 1.76 bits per heavy atom. The van der Waals surface area contributed by atoms with Gasteiger partial charge in [-0.1, -0.05) is 39.7 Å². The molecular formula is C17H19BrN2O. The molecule has 4 heteroatoms. The van der Waals surface area contributed by atoms with Gasteiger partial charge in [-0.3, -0.25) is 4.79 Å². The predicted octanol–water partition coefficient (Wildman–Crippen LogP) is 4.01. The first kappa shape index (κ1) is 15.6. The summed E-state index contributed by atoms with van der Waals surface area (Å²) in [6.45, 7) is 6.06. The summed E-state index contributed by atoms with van der Waals surface area (Å²) < 4.78 is 0.952. The van der Waals surface area contributed by atoms with E-state index in [0.29, 0.717) is 0 Å². The Morgan fingerprint density at radius 1 is 1.14 bits per heavy atom.